The molecular weight excluding hydrogens is 444 g/mol. The maximum absolute atomic E-state index is 2.90. The molecule has 0 aliphatic heterocycles. The molecule has 10 aliphatic carbocycles. The number of rotatable bonds is 5. The van der Waals surface area contributed by atoms with Crippen LogP contribution in [0.15, 0.2) is 0 Å². The molecule has 0 heterocycles. The molecule has 10 fully saturated rings. The molecule has 0 nitrogen and oxygen atoms in total. The van der Waals surface area contributed by atoms with Gasteiger partial charge >= 0.3 is 0 Å². The molecule has 0 aromatic heterocycles. The van der Waals surface area contributed by atoms with E-state index in [1.165, 1.54) is 25.7 Å². The van der Waals surface area contributed by atoms with E-state index in [4.69, 9.17) is 0 Å². The van der Waals surface area contributed by atoms with Gasteiger partial charge in [-0.25, -0.2) is 0 Å². The van der Waals surface area contributed by atoms with Gasteiger partial charge in [0, 0.05) is 0 Å². The van der Waals surface area contributed by atoms with E-state index in [-0.39, 0.29) is 0 Å². The second kappa shape index (κ2) is 6.40. The van der Waals surface area contributed by atoms with Crippen molar-refractivity contribution in [3.63, 3.8) is 0 Å². The van der Waals surface area contributed by atoms with E-state index in [9.17, 15) is 0 Å². The predicted molar refractivity (Wildman–Crippen MR) is 155 cm³/mol. The molecule has 0 aromatic carbocycles. The smallest absolute Gasteiger partial charge is 0.0101 e. The molecule has 208 valence electrons. The summed E-state index contributed by atoms with van der Waals surface area (Å²) < 4.78 is 0. The van der Waals surface area contributed by atoms with Crippen molar-refractivity contribution in [2.24, 2.45) is 115 Å². The highest BCUT2D eigenvalue weighted by Crippen LogP contribution is 3.06. The molecule has 0 saturated heterocycles. The van der Waals surface area contributed by atoms with Gasteiger partial charge in [0.15, 0.2) is 0 Å². The average molecular weight is 505 g/mol. The normalized spacial score (nSPS) is 67.5. The summed E-state index contributed by atoms with van der Waals surface area (Å²) in [4.78, 5) is 0. The Hall–Kier alpha value is 0. The van der Waals surface area contributed by atoms with Crippen LogP contribution in [0.4, 0.5) is 0 Å². The third kappa shape index (κ3) is 1.71. The van der Waals surface area contributed by atoms with Gasteiger partial charge in [0.25, 0.3) is 0 Å². The monoisotopic (exact) mass is 504 g/mol. The van der Waals surface area contributed by atoms with Crippen LogP contribution in [0.5, 0.6) is 0 Å². The minimum atomic E-state index is 0.438. The summed E-state index contributed by atoms with van der Waals surface area (Å²) in [6, 6.07) is 0. The minimum Gasteiger partial charge on any atom is -0.0654 e. The third-order valence-electron chi connectivity index (χ3n) is 18.9. The lowest BCUT2D eigenvalue weighted by molar-refractivity contribution is -0.370. The van der Waals surface area contributed by atoms with Crippen molar-refractivity contribution in [2.75, 3.05) is 0 Å². The number of hydrogen-bond donors (Lipinski definition) is 0. The molecule has 0 aromatic rings. The van der Waals surface area contributed by atoms with Crippen LogP contribution in [0.3, 0.4) is 0 Å². The van der Waals surface area contributed by atoms with Gasteiger partial charge in [0.2, 0.25) is 0 Å². The zero-order valence-corrected chi connectivity index (χ0v) is 26.6. The van der Waals surface area contributed by atoms with Crippen LogP contribution in [-0.2, 0) is 0 Å². The van der Waals surface area contributed by atoms with Crippen molar-refractivity contribution in [3.8, 4) is 0 Å². The molecule has 10 aliphatic rings. The summed E-state index contributed by atoms with van der Waals surface area (Å²) in [6.45, 7) is 33.0. The Morgan fingerprint density at radius 2 is 1.32 bits per heavy atom. The first-order chi connectivity index (χ1) is 17.3. The molecule has 37 heavy (non-hydrogen) atoms. The molecule has 0 radical (unpaired) electrons. The molecule has 0 heteroatoms. The van der Waals surface area contributed by atoms with Crippen molar-refractivity contribution < 1.29 is 0 Å². The van der Waals surface area contributed by atoms with Gasteiger partial charge in [-0.1, -0.05) is 95.9 Å². The van der Waals surface area contributed by atoms with Crippen LogP contribution in [0.2, 0.25) is 0 Å². The fourth-order valence-electron chi connectivity index (χ4n) is 19.4. The van der Waals surface area contributed by atoms with E-state index in [1.807, 2.05) is 0 Å². The van der Waals surface area contributed by atoms with E-state index in [2.05, 4.69) is 83.1 Å². The quantitative estimate of drug-likeness (QED) is 0.349. The van der Waals surface area contributed by atoms with Crippen LogP contribution in [0, 0.1) is 115 Å². The Morgan fingerprint density at radius 1 is 0.703 bits per heavy atom. The first-order valence-corrected chi connectivity index (χ1v) is 17.3. The predicted octanol–water partition coefficient (Wildman–Crippen LogP) is 9.83. The van der Waals surface area contributed by atoms with Crippen molar-refractivity contribution in [2.45, 2.75) is 115 Å². The van der Waals surface area contributed by atoms with Crippen molar-refractivity contribution in [1.82, 2.24) is 0 Å². The van der Waals surface area contributed by atoms with Gasteiger partial charge in [-0.05, 0) is 135 Å². The third-order valence-corrected chi connectivity index (χ3v) is 18.9. The van der Waals surface area contributed by atoms with Gasteiger partial charge in [-0.3, -0.25) is 0 Å². The summed E-state index contributed by atoms with van der Waals surface area (Å²) in [5, 5.41) is 0. The summed E-state index contributed by atoms with van der Waals surface area (Å²) in [5.41, 5.74) is 3.22. The van der Waals surface area contributed by atoms with Gasteiger partial charge < -0.3 is 0 Å². The van der Waals surface area contributed by atoms with Crippen LogP contribution >= 0.6 is 0 Å². The van der Waals surface area contributed by atoms with Crippen LogP contribution in [0.1, 0.15) is 115 Å². The topological polar surface area (TPSA) is 0 Å². The highest BCUT2D eigenvalue weighted by atomic mass is 15.1. The van der Waals surface area contributed by atoms with Crippen LogP contribution in [0.25, 0.3) is 0 Å². The molecule has 10 saturated carbocycles. The van der Waals surface area contributed by atoms with Crippen molar-refractivity contribution in [3.05, 3.63) is 0 Å². The van der Waals surface area contributed by atoms with Crippen LogP contribution in [-0.4, -0.2) is 0 Å². The molecule has 0 amide bonds. The largest absolute Gasteiger partial charge is 0.0654 e. The molecule has 17 unspecified atom stereocenters. The molecular formula is C37H60. The maximum Gasteiger partial charge on any atom is -0.0101 e. The standard InChI is InChI=1S/C37H60/c1-13-15-23-19(5)25-26-21(7)36(23,18(3)4)37-30(25)22-17-35(37)29(27(22)31(26)37)20(6)28-24(16-14-2)32(8,9)34(28,12)33(35,10)11/h18-31H,13-17H2,1-12H3. The van der Waals surface area contributed by atoms with Crippen molar-refractivity contribution >= 4 is 0 Å². The number of fused-ring (bicyclic) bond motifs is 2. The Morgan fingerprint density at radius 3 is 1.92 bits per heavy atom. The van der Waals surface area contributed by atoms with Gasteiger partial charge in [-0.15, -0.1) is 0 Å². The lowest BCUT2D eigenvalue weighted by atomic mass is 9.20. The van der Waals surface area contributed by atoms with Gasteiger partial charge in [0.05, 0.1) is 0 Å². The first-order valence-electron chi connectivity index (χ1n) is 17.3. The summed E-state index contributed by atoms with van der Waals surface area (Å²) >= 11 is 0. The number of hydrogen-bond acceptors (Lipinski definition) is 0. The SMILES string of the molecule is CCCC1C2C(C)C3C4C5CC3(C(C)(C)C2(C)C1(C)C)C12C5C3C(C)C(CCC)C1(C(C)C)C(C)C3C42. The van der Waals surface area contributed by atoms with E-state index in [0.717, 1.165) is 82.9 Å². The van der Waals surface area contributed by atoms with Crippen LogP contribution < -0.4 is 0 Å². The molecule has 17 atom stereocenters. The molecule has 10 rings (SSSR count). The molecule has 9 bridgehead atoms. The second-order valence-electron chi connectivity index (χ2n) is 18.5. The first kappa shape index (κ1) is 24.8. The van der Waals surface area contributed by atoms with E-state index >= 15 is 0 Å². The Kier molecular flexibility index (Phi) is 4.29. The Balaban J connectivity index is 1.42. The Bertz CT molecular complexity index is 1050. The van der Waals surface area contributed by atoms with E-state index in [1.54, 1.807) is 6.42 Å². The van der Waals surface area contributed by atoms with Gasteiger partial charge in [0.1, 0.15) is 0 Å². The Labute approximate surface area is 230 Å². The van der Waals surface area contributed by atoms with E-state index in [0.29, 0.717) is 32.5 Å². The minimum absolute atomic E-state index is 0.438. The average Bonchev–Trinajstić information content (AvgIpc) is 3.58. The fraction of sp³-hybridized carbons (Fsp3) is 1.00. The second-order valence-corrected chi connectivity index (χ2v) is 18.5. The zero-order chi connectivity index (χ0) is 26.6. The molecule has 0 N–H and O–H groups in total. The highest BCUT2D eigenvalue weighted by Gasteiger charge is 3.03. The maximum atomic E-state index is 2.90. The lowest BCUT2D eigenvalue weighted by Crippen LogP contribution is -2.80. The summed E-state index contributed by atoms with van der Waals surface area (Å²) in [6.07, 6.45) is 7.37. The lowest BCUT2D eigenvalue weighted by Gasteiger charge is -2.84. The fourth-order valence-corrected chi connectivity index (χ4v) is 19.4. The molecule has 2 spiro atoms. The van der Waals surface area contributed by atoms with Crippen molar-refractivity contribution in [1.29, 1.82) is 0 Å². The zero-order valence-electron chi connectivity index (χ0n) is 26.6. The van der Waals surface area contributed by atoms with E-state index < -0.39 is 0 Å². The summed E-state index contributed by atoms with van der Waals surface area (Å²) in [5.74, 6) is 14.1. The summed E-state index contributed by atoms with van der Waals surface area (Å²) in [7, 11) is 0. The highest BCUT2D eigenvalue weighted by molar-refractivity contribution is 5.49. The van der Waals surface area contributed by atoms with Gasteiger partial charge in [-0.2, -0.15) is 0 Å².